The third kappa shape index (κ3) is 4.03. The SMILES string of the molecule is COC(=O)c1cc(C(=O)N[C@@H](C)c2ccc3c(c2)OCCO3)cc([N+](=O)[O-])c1. The first-order valence-corrected chi connectivity index (χ1v) is 8.47. The summed E-state index contributed by atoms with van der Waals surface area (Å²) in [6.07, 6.45) is 0. The number of rotatable bonds is 5. The average molecular weight is 386 g/mol. The molecular weight excluding hydrogens is 368 g/mol. The highest BCUT2D eigenvalue weighted by Gasteiger charge is 2.20. The molecule has 0 aliphatic carbocycles. The summed E-state index contributed by atoms with van der Waals surface area (Å²) in [5, 5.41) is 13.9. The molecule has 0 saturated carbocycles. The Bertz CT molecular complexity index is 942. The highest BCUT2D eigenvalue weighted by Crippen LogP contribution is 2.32. The Morgan fingerprint density at radius 2 is 1.79 bits per heavy atom. The van der Waals surface area contributed by atoms with Crippen molar-refractivity contribution in [2.24, 2.45) is 0 Å². The Morgan fingerprint density at radius 1 is 1.11 bits per heavy atom. The van der Waals surface area contributed by atoms with Gasteiger partial charge >= 0.3 is 5.97 Å². The fourth-order valence-corrected chi connectivity index (χ4v) is 2.78. The second kappa shape index (κ2) is 7.95. The number of methoxy groups -OCH3 is 1. The normalized spacial score (nSPS) is 13.4. The molecule has 1 N–H and O–H groups in total. The maximum Gasteiger partial charge on any atom is 0.338 e. The van der Waals surface area contributed by atoms with Gasteiger partial charge in [-0.2, -0.15) is 0 Å². The van der Waals surface area contributed by atoms with Crippen LogP contribution in [0.3, 0.4) is 0 Å². The minimum absolute atomic E-state index is 0.0148. The van der Waals surface area contributed by atoms with E-state index in [1.54, 1.807) is 25.1 Å². The van der Waals surface area contributed by atoms with Crippen LogP contribution in [0.1, 0.15) is 39.2 Å². The summed E-state index contributed by atoms with van der Waals surface area (Å²) >= 11 is 0. The number of ether oxygens (including phenoxy) is 3. The number of non-ortho nitro benzene ring substituents is 1. The quantitative estimate of drug-likeness (QED) is 0.477. The number of nitro groups is 1. The number of amides is 1. The van der Waals surface area contributed by atoms with Crippen molar-refractivity contribution >= 4 is 17.6 Å². The molecule has 3 rings (SSSR count). The molecule has 9 nitrogen and oxygen atoms in total. The van der Waals surface area contributed by atoms with Crippen LogP contribution in [0.5, 0.6) is 11.5 Å². The number of carbonyl (C=O) groups excluding carboxylic acids is 2. The molecule has 0 spiro atoms. The lowest BCUT2D eigenvalue weighted by Crippen LogP contribution is -2.27. The summed E-state index contributed by atoms with van der Waals surface area (Å²) in [5.74, 6) is -0.100. The van der Waals surface area contributed by atoms with Gasteiger partial charge < -0.3 is 19.5 Å². The highest BCUT2D eigenvalue weighted by molar-refractivity contribution is 5.99. The molecule has 0 bridgehead atoms. The lowest BCUT2D eigenvalue weighted by atomic mass is 10.1. The van der Waals surface area contributed by atoms with Gasteiger partial charge in [0.2, 0.25) is 0 Å². The standard InChI is InChI=1S/C19H18N2O7/c1-11(12-3-4-16-17(10-12)28-6-5-27-16)20-18(22)13-7-14(19(23)26-2)9-15(8-13)21(24)25/h3-4,7-11H,5-6H2,1-2H3,(H,20,22)/t11-/m0/s1. The molecule has 1 aliphatic heterocycles. The van der Waals surface area contributed by atoms with E-state index in [0.717, 1.165) is 24.8 Å². The van der Waals surface area contributed by atoms with Crippen molar-refractivity contribution < 1.29 is 28.7 Å². The summed E-state index contributed by atoms with van der Waals surface area (Å²) in [4.78, 5) is 34.8. The van der Waals surface area contributed by atoms with Crippen LogP contribution in [0.15, 0.2) is 36.4 Å². The van der Waals surface area contributed by atoms with Crippen LogP contribution in [0.2, 0.25) is 0 Å². The van der Waals surface area contributed by atoms with Crippen molar-refractivity contribution in [3.63, 3.8) is 0 Å². The van der Waals surface area contributed by atoms with Crippen molar-refractivity contribution in [3.05, 3.63) is 63.2 Å². The Balaban J connectivity index is 1.83. The second-order valence-corrected chi connectivity index (χ2v) is 6.12. The summed E-state index contributed by atoms with van der Waals surface area (Å²) in [6, 6.07) is 8.34. The van der Waals surface area contributed by atoms with Gasteiger partial charge in [0.25, 0.3) is 11.6 Å². The van der Waals surface area contributed by atoms with Crippen molar-refractivity contribution in [2.45, 2.75) is 13.0 Å². The first-order valence-electron chi connectivity index (χ1n) is 8.47. The Labute approximate surface area is 160 Å². The second-order valence-electron chi connectivity index (χ2n) is 6.12. The van der Waals surface area contributed by atoms with Crippen LogP contribution >= 0.6 is 0 Å². The van der Waals surface area contributed by atoms with Crippen LogP contribution in [0, 0.1) is 10.1 Å². The summed E-state index contributed by atoms with van der Waals surface area (Å²) < 4.78 is 15.6. The van der Waals surface area contributed by atoms with Gasteiger partial charge in [-0.25, -0.2) is 4.79 Å². The molecule has 0 radical (unpaired) electrons. The summed E-state index contributed by atoms with van der Waals surface area (Å²) in [6.45, 7) is 2.69. The van der Waals surface area contributed by atoms with Gasteiger partial charge in [-0.1, -0.05) is 6.07 Å². The van der Waals surface area contributed by atoms with Gasteiger partial charge in [-0.3, -0.25) is 14.9 Å². The van der Waals surface area contributed by atoms with E-state index >= 15 is 0 Å². The summed E-state index contributed by atoms with van der Waals surface area (Å²) in [5.41, 5.74) is 0.309. The minimum Gasteiger partial charge on any atom is -0.486 e. The van der Waals surface area contributed by atoms with E-state index in [9.17, 15) is 19.7 Å². The van der Waals surface area contributed by atoms with Crippen LogP contribution in [0.25, 0.3) is 0 Å². The van der Waals surface area contributed by atoms with Gasteiger partial charge in [0, 0.05) is 17.7 Å². The monoisotopic (exact) mass is 386 g/mol. The summed E-state index contributed by atoms with van der Waals surface area (Å²) in [7, 11) is 1.16. The molecular formula is C19H18N2O7. The Morgan fingerprint density at radius 3 is 2.46 bits per heavy atom. The van der Waals surface area contributed by atoms with E-state index in [4.69, 9.17) is 9.47 Å². The highest BCUT2D eigenvalue weighted by atomic mass is 16.6. The van der Waals surface area contributed by atoms with Crippen molar-refractivity contribution in [2.75, 3.05) is 20.3 Å². The molecule has 0 unspecified atom stereocenters. The van der Waals surface area contributed by atoms with Gasteiger partial charge in [-0.05, 0) is 30.7 Å². The molecule has 2 aromatic rings. The van der Waals surface area contributed by atoms with Gasteiger partial charge in [0.1, 0.15) is 13.2 Å². The van der Waals surface area contributed by atoms with E-state index < -0.39 is 22.8 Å². The lowest BCUT2D eigenvalue weighted by molar-refractivity contribution is -0.384. The zero-order valence-corrected chi connectivity index (χ0v) is 15.3. The van der Waals surface area contributed by atoms with E-state index in [2.05, 4.69) is 10.1 Å². The molecule has 1 atom stereocenters. The molecule has 2 aromatic carbocycles. The van der Waals surface area contributed by atoms with Crippen molar-refractivity contribution in [3.8, 4) is 11.5 Å². The number of nitro benzene ring substituents is 1. The first-order chi connectivity index (χ1) is 13.4. The average Bonchev–Trinajstić information content (AvgIpc) is 2.72. The molecule has 0 saturated heterocycles. The van der Waals surface area contributed by atoms with Gasteiger partial charge in [0.05, 0.1) is 23.6 Å². The lowest BCUT2D eigenvalue weighted by Gasteiger charge is -2.21. The third-order valence-corrected chi connectivity index (χ3v) is 4.23. The van der Waals surface area contributed by atoms with Crippen LogP contribution in [-0.2, 0) is 4.74 Å². The molecule has 1 heterocycles. The zero-order valence-electron chi connectivity index (χ0n) is 15.3. The number of hydrogen-bond acceptors (Lipinski definition) is 7. The van der Waals surface area contributed by atoms with E-state index in [1.165, 1.54) is 6.07 Å². The fourth-order valence-electron chi connectivity index (χ4n) is 2.78. The third-order valence-electron chi connectivity index (χ3n) is 4.23. The predicted molar refractivity (Wildman–Crippen MR) is 97.7 cm³/mol. The molecule has 0 aromatic heterocycles. The molecule has 146 valence electrons. The van der Waals surface area contributed by atoms with E-state index in [1.807, 2.05) is 0 Å². The number of esters is 1. The first kappa shape index (κ1) is 19.2. The molecule has 1 amide bonds. The number of fused-ring (bicyclic) bond motifs is 1. The molecule has 9 heteroatoms. The Hall–Kier alpha value is -3.62. The molecule has 0 fully saturated rings. The van der Waals surface area contributed by atoms with Crippen molar-refractivity contribution in [1.29, 1.82) is 0 Å². The van der Waals surface area contributed by atoms with Gasteiger partial charge in [-0.15, -0.1) is 0 Å². The maximum absolute atomic E-state index is 12.6. The largest absolute Gasteiger partial charge is 0.486 e. The molecule has 28 heavy (non-hydrogen) atoms. The zero-order chi connectivity index (χ0) is 20.3. The number of benzene rings is 2. The van der Waals surface area contributed by atoms with E-state index in [0.29, 0.717) is 24.7 Å². The minimum atomic E-state index is -0.766. The van der Waals surface area contributed by atoms with Crippen molar-refractivity contribution in [1.82, 2.24) is 5.32 Å². The van der Waals surface area contributed by atoms with Crippen LogP contribution < -0.4 is 14.8 Å². The topological polar surface area (TPSA) is 117 Å². The smallest absolute Gasteiger partial charge is 0.338 e. The van der Waals surface area contributed by atoms with E-state index in [-0.39, 0.29) is 16.8 Å². The Kier molecular flexibility index (Phi) is 5.44. The fraction of sp³-hybridized carbons (Fsp3) is 0.263. The number of carbonyl (C=O) groups is 2. The van der Waals surface area contributed by atoms with Crippen LogP contribution in [-0.4, -0.2) is 37.1 Å². The maximum atomic E-state index is 12.6. The predicted octanol–water partition coefficient (Wildman–Crippen LogP) is 2.64. The number of hydrogen-bond donors (Lipinski definition) is 1. The number of nitrogens with zero attached hydrogens (tertiary/aromatic N) is 1. The molecule has 1 aliphatic rings. The van der Waals surface area contributed by atoms with Gasteiger partial charge in [0.15, 0.2) is 11.5 Å². The number of nitrogens with one attached hydrogen (secondary N) is 1. The van der Waals surface area contributed by atoms with Crippen LogP contribution in [0.4, 0.5) is 5.69 Å².